The summed E-state index contributed by atoms with van der Waals surface area (Å²) in [5, 5.41) is 0. The minimum atomic E-state index is -0.829. The molecule has 2 aromatic rings. The Balaban J connectivity index is 1.47. The molecule has 0 spiro atoms. The van der Waals surface area contributed by atoms with Crippen molar-refractivity contribution >= 4 is 17.6 Å². The molecule has 0 bridgehead atoms. The molecule has 0 N–H and O–H groups in total. The molecule has 30 heavy (non-hydrogen) atoms. The van der Waals surface area contributed by atoms with Gasteiger partial charge in [-0.15, -0.1) is 0 Å². The first-order valence-corrected chi connectivity index (χ1v) is 10.3. The lowest BCUT2D eigenvalue weighted by Gasteiger charge is -2.37. The summed E-state index contributed by atoms with van der Waals surface area (Å²) < 4.78 is 11.0. The van der Waals surface area contributed by atoms with Crippen molar-refractivity contribution in [3.8, 4) is 5.75 Å². The van der Waals surface area contributed by atoms with Gasteiger partial charge in [-0.3, -0.25) is 4.79 Å². The number of amides is 1. The van der Waals surface area contributed by atoms with Gasteiger partial charge in [0.05, 0.1) is 0 Å². The fourth-order valence-corrected chi connectivity index (χ4v) is 3.89. The molecule has 1 saturated heterocycles. The Morgan fingerprint density at radius 3 is 2.17 bits per heavy atom. The van der Waals surface area contributed by atoms with Crippen molar-refractivity contribution in [2.75, 3.05) is 37.7 Å². The second kappa shape index (κ2) is 9.65. The minimum Gasteiger partial charge on any atom is -0.481 e. The summed E-state index contributed by atoms with van der Waals surface area (Å²) in [6.07, 6.45) is -0.829. The molecule has 0 radical (unpaired) electrons. The number of hydrogen-bond donors (Lipinski definition) is 0. The van der Waals surface area contributed by atoms with Gasteiger partial charge >= 0.3 is 5.97 Å². The first-order chi connectivity index (χ1) is 14.3. The van der Waals surface area contributed by atoms with Crippen molar-refractivity contribution in [3.05, 3.63) is 59.2 Å². The highest BCUT2D eigenvalue weighted by atomic mass is 16.6. The molecule has 1 aliphatic heterocycles. The standard InChI is InChI=1S/C24H30N2O4/c1-17-14-18(2)23(19(3)15-17)29-16-22(27)30-20(4)24(28)26-12-10-25(11-13-26)21-8-6-5-7-9-21/h5-9,14-15,20H,10-13,16H2,1-4H3/t20-/m1/s1. The number of ether oxygens (including phenoxy) is 2. The molecule has 0 saturated carbocycles. The van der Waals surface area contributed by atoms with E-state index in [1.807, 2.05) is 51.1 Å². The molecule has 1 aliphatic rings. The van der Waals surface area contributed by atoms with Gasteiger partial charge in [-0.1, -0.05) is 35.9 Å². The first kappa shape index (κ1) is 21.7. The van der Waals surface area contributed by atoms with Crippen LogP contribution in [0, 0.1) is 20.8 Å². The van der Waals surface area contributed by atoms with Crippen molar-refractivity contribution < 1.29 is 19.1 Å². The third-order valence-corrected chi connectivity index (χ3v) is 5.31. The van der Waals surface area contributed by atoms with Crippen molar-refractivity contribution in [1.82, 2.24) is 4.90 Å². The van der Waals surface area contributed by atoms with Crippen LogP contribution in [0.15, 0.2) is 42.5 Å². The lowest BCUT2D eigenvalue weighted by atomic mass is 10.1. The summed E-state index contributed by atoms with van der Waals surface area (Å²) >= 11 is 0. The predicted octanol–water partition coefficient (Wildman–Crippen LogP) is 3.27. The Hall–Kier alpha value is -3.02. The summed E-state index contributed by atoms with van der Waals surface area (Å²) in [7, 11) is 0. The third kappa shape index (κ3) is 5.32. The maximum atomic E-state index is 12.7. The Kier molecular flexibility index (Phi) is 6.98. The van der Waals surface area contributed by atoms with Crippen molar-refractivity contribution in [1.29, 1.82) is 0 Å². The number of carbonyl (C=O) groups is 2. The maximum Gasteiger partial charge on any atom is 0.344 e. The van der Waals surface area contributed by atoms with Crippen LogP contribution in [0.25, 0.3) is 0 Å². The molecule has 1 amide bonds. The number of benzene rings is 2. The molecule has 6 nitrogen and oxygen atoms in total. The van der Waals surface area contributed by atoms with Gasteiger partial charge in [0.2, 0.25) is 0 Å². The summed E-state index contributed by atoms with van der Waals surface area (Å²) in [4.78, 5) is 28.9. The minimum absolute atomic E-state index is 0.168. The van der Waals surface area contributed by atoms with Crippen LogP contribution in [0.1, 0.15) is 23.6 Å². The maximum absolute atomic E-state index is 12.7. The molecule has 0 unspecified atom stereocenters. The SMILES string of the molecule is Cc1cc(C)c(OCC(=O)O[C@H](C)C(=O)N2CCN(c3ccccc3)CC2)c(C)c1. The molecule has 1 fully saturated rings. The van der Waals surface area contributed by atoms with E-state index in [4.69, 9.17) is 9.47 Å². The van der Waals surface area contributed by atoms with Gasteiger partial charge in [0, 0.05) is 31.9 Å². The highest BCUT2D eigenvalue weighted by Gasteiger charge is 2.27. The highest BCUT2D eigenvalue weighted by Crippen LogP contribution is 2.24. The lowest BCUT2D eigenvalue weighted by molar-refractivity contribution is -0.160. The lowest BCUT2D eigenvalue weighted by Crippen LogP contribution is -2.51. The molecule has 0 aromatic heterocycles. The second-order valence-corrected chi connectivity index (χ2v) is 7.80. The normalized spacial score (nSPS) is 14.9. The monoisotopic (exact) mass is 410 g/mol. The van der Waals surface area contributed by atoms with E-state index in [2.05, 4.69) is 17.0 Å². The quantitative estimate of drug-likeness (QED) is 0.684. The van der Waals surface area contributed by atoms with E-state index in [1.165, 1.54) is 0 Å². The zero-order chi connectivity index (χ0) is 21.7. The average molecular weight is 411 g/mol. The fraction of sp³-hybridized carbons (Fsp3) is 0.417. The van der Waals surface area contributed by atoms with Gasteiger partial charge < -0.3 is 19.3 Å². The van der Waals surface area contributed by atoms with E-state index in [0.717, 1.165) is 35.5 Å². The number of para-hydroxylation sites is 1. The van der Waals surface area contributed by atoms with E-state index in [9.17, 15) is 9.59 Å². The van der Waals surface area contributed by atoms with Gasteiger partial charge in [-0.05, 0) is 51.0 Å². The van der Waals surface area contributed by atoms with Crippen LogP contribution in [0.4, 0.5) is 5.69 Å². The Bertz CT molecular complexity index is 866. The Morgan fingerprint density at radius 1 is 0.967 bits per heavy atom. The molecule has 160 valence electrons. The number of esters is 1. The van der Waals surface area contributed by atoms with E-state index in [1.54, 1.807) is 11.8 Å². The van der Waals surface area contributed by atoms with Gasteiger partial charge in [-0.25, -0.2) is 4.79 Å². The number of hydrogen-bond acceptors (Lipinski definition) is 5. The number of rotatable bonds is 6. The number of piperazine rings is 1. The highest BCUT2D eigenvalue weighted by molar-refractivity contribution is 5.84. The molecule has 0 aliphatic carbocycles. The average Bonchev–Trinajstić information content (AvgIpc) is 2.73. The largest absolute Gasteiger partial charge is 0.481 e. The number of nitrogens with zero attached hydrogens (tertiary/aromatic N) is 2. The predicted molar refractivity (Wildman–Crippen MR) is 117 cm³/mol. The second-order valence-electron chi connectivity index (χ2n) is 7.80. The van der Waals surface area contributed by atoms with Crippen LogP contribution in [-0.4, -0.2) is 55.7 Å². The molecule has 1 heterocycles. The molecule has 2 aromatic carbocycles. The summed E-state index contributed by atoms with van der Waals surface area (Å²) in [5.74, 6) is -0.0227. The molecule has 1 atom stereocenters. The smallest absolute Gasteiger partial charge is 0.344 e. The van der Waals surface area contributed by atoms with Crippen LogP contribution in [0.2, 0.25) is 0 Å². The summed E-state index contributed by atoms with van der Waals surface area (Å²) in [6, 6.07) is 14.2. The number of aryl methyl sites for hydroxylation is 3. The van der Waals surface area contributed by atoms with E-state index in [-0.39, 0.29) is 12.5 Å². The third-order valence-electron chi connectivity index (χ3n) is 5.31. The van der Waals surface area contributed by atoms with E-state index >= 15 is 0 Å². The Morgan fingerprint density at radius 2 is 1.57 bits per heavy atom. The van der Waals surface area contributed by atoms with Gasteiger partial charge in [0.25, 0.3) is 5.91 Å². The van der Waals surface area contributed by atoms with E-state index < -0.39 is 12.1 Å². The summed E-state index contributed by atoms with van der Waals surface area (Å²) in [5.41, 5.74) is 4.25. The number of carbonyl (C=O) groups excluding carboxylic acids is 2. The molecule has 6 heteroatoms. The van der Waals surface area contributed by atoms with Gasteiger partial charge in [0.1, 0.15) is 5.75 Å². The van der Waals surface area contributed by atoms with Crippen LogP contribution < -0.4 is 9.64 Å². The van der Waals surface area contributed by atoms with Crippen molar-refractivity contribution in [2.45, 2.75) is 33.8 Å². The van der Waals surface area contributed by atoms with Crippen molar-refractivity contribution in [2.24, 2.45) is 0 Å². The molecular formula is C24H30N2O4. The molecule has 3 rings (SSSR count). The van der Waals surface area contributed by atoms with Crippen LogP contribution >= 0.6 is 0 Å². The van der Waals surface area contributed by atoms with Crippen LogP contribution in [0.3, 0.4) is 0 Å². The number of anilines is 1. The summed E-state index contributed by atoms with van der Waals surface area (Å²) in [6.45, 7) is 10.0. The molecular weight excluding hydrogens is 380 g/mol. The fourth-order valence-electron chi connectivity index (χ4n) is 3.89. The zero-order valence-electron chi connectivity index (χ0n) is 18.2. The zero-order valence-corrected chi connectivity index (χ0v) is 18.2. The van der Waals surface area contributed by atoms with Crippen LogP contribution in [-0.2, 0) is 14.3 Å². The van der Waals surface area contributed by atoms with Crippen molar-refractivity contribution in [3.63, 3.8) is 0 Å². The topological polar surface area (TPSA) is 59.1 Å². The Labute approximate surface area is 178 Å². The van der Waals surface area contributed by atoms with Gasteiger partial charge in [-0.2, -0.15) is 0 Å². The van der Waals surface area contributed by atoms with Gasteiger partial charge in [0.15, 0.2) is 12.7 Å². The van der Waals surface area contributed by atoms with E-state index in [0.29, 0.717) is 18.8 Å². The first-order valence-electron chi connectivity index (χ1n) is 10.3. The van der Waals surface area contributed by atoms with Crippen LogP contribution in [0.5, 0.6) is 5.75 Å².